The molecule has 0 radical (unpaired) electrons. The van der Waals surface area contributed by atoms with E-state index in [4.69, 9.17) is 9.05 Å². The molecule has 296 valence electrons. The number of likely N-dealkylation sites (N-methyl/N-ethyl adjacent to an activating group) is 1. The van der Waals surface area contributed by atoms with Gasteiger partial charge in [0.05, 0.1) is 39.9 Å². The normalized spacial score (nSPS) is 14.8. The van der Waals surface area contributed by atoms with E-state index in [0.717, 1.165) is 38.5 Å². The third-order valence-corrected chi connectivity index (χ3v) is 10.2. The van der Waals surface area contributed by atoms with Crippen LogP contribution in [0.1, 0.15) is 181 Å². The molecular formula is C41H82N2O6P+. The van der Waals surface area contributed by atoms with Gasteiger partial charge < -0.3 is 19.8 Å². The van der Waals surface area contributed by atoms with Crippen LogP contribution in [0.5, 0.6) is 0 Å². The fourth-order valence-electron chi connectivity index (χ4n) is 5.82. The number of nitrogens with one attached hydrogen (secondary N) is 1. The number of amides is 1. The number of hydrogen-bond donors (Lipinski definition) is 3. The predicted octanol–water partition coefficient (Wildman–Crippen LogP) is 11.0. The molecule has 9 heteroatoms. The van der Waals surface area contributed by atoms with Gasteiger partial charge in [0, 0.05) is 6.42 Å². The Labute approximate surface area is 309 Å². The number of aliphatic hydroxyl groups excluding tert-OH is 1. The molecule has 0 aliphatic rings. The van der Waals surface area contributed by atoms with Gasteiger partial charge in [-0.2, -0.15) is 0 Å². The standard InChI is InChI=1S/C41H81N2O6P/c1-6-8-10-12-14-16-18-20-21-23-25-27-29-31-33-35-41(45)42-39(38-49-50(46,47)48-37-36-43(3,4)5)40(44)34-32-30-28-26-24-22-19-17-15-13-11-9-7-2/h24,26,32,34,39-40,44H,6-23,25,27-31,33,35-38H2,1-5H3,(H-,42,45,46,47)/p+1/b26-24+,34-32+/t39-,40+/m1/s1. The SMILES string of the molecule is CCCCCCCCC/C=C/CC/C=C/[C@H](O)[C@@H](COP(=O)(O)OCC[N+](C)(C)C)NC(=O)CCCCCCCCCCCCCCCCC. The topological polar surface area (TPSA) is 105 Å². The first-order valence-corrected chi connectivity index (χ1v) is 22.2. The van der Waals surface area contributed by atoms with Gasteiger partial charge in [0.2, 0.25) is 5.91 Å². The van der Waals surface area contributed by atoms with Gasteiger partial charge in [0.15, 0.2) is 0 Å². The quantitative estimate of drug-likeness (QED) is 0.0254. The molecular weight excluding hydrogens is 647 g/mol. The van der Waals surface area contributed by atoms with Crippen LogP contribution in [0.4, 0.5) is 0 Å². The average molecular weight is 730 g/mol. The number of unbranched alkanes of at least 4 members (excludes halogenated alkanes) is 22. The molecule has 3 atom stereocenters. The molecule has 50 heavy (non-hydrogen) atoms. The number of hydrogen-bond acceptors (Lipinski definition) is 5. The predicted molar refractivity (Wildman–Crippen MR) is 212 cm³/mol. The zero-order valence-electron chi connectivity index (χ0n) is 33.4. The third kappa shape index (κ3) is 35.4. The van der Waals surface area contributed by atoms with Crippen LogP contribution in [-0.2, 0) is 18.4 Å². The minimum atomic E-state index is -4.33. The van der Waals surface area contributed by atoms with Crippen LogP contribution in [-0.4, -0.2) is 73.4 Å². The van der Waals surface area contributed by atoms with Crippen molar-refractivity contribution in [3.8, 4) is 0 Å². The summed E-state index contributed by atoms with van der Waals surface area (Å²) >= 11 is 0. The summed E-state index contributed by atoms with van der Waals surface area (Å²) in [5, 5.41) is 13.8. The maximum Gasteiger partial charge on any atom is 0.472 e. The Bertz CT molecular complexity index is 876. The monoisotopic (exact) mass is 730 g/mol. The first-order valence-electron chi connectivity index (χ1n) is 20.7. The van der Waals surface area contributed by atoms with Crippen LogP contribution in [0.3, 0.4) is 0 Å². The van der Waals surface area contributed by atoms with Crippen molar-refractivity contribution in [2.45, 2.75) is 193 Å². The fraction of sp³-hybridized carbons (Fsp3) is 0.878. The van der Waals surface area contributed by atoms with E-state index in [9.17, 15) is 19.4 Å². The van der Waals surface area contributed by atoms with Gasteiger partial charge in [-0.3, -0.25) is 13.8 Å². The average Bonchev–Trinajstić information content (AvgIpc) is 3.06. The largest absolute Gasteiger partial charge is 0.472 e. The lowest BCUT2D eigenvalue weighted by atomic mass is 10.0. The molecule has 0 fully saturated rings. The smallest absolute Gasteiger partial charge is 0.387 e. The molecule has 0 aliphatic carbocycles. The van der Waals surface area contributed by atoms with Gasteiger partial charge in [-0.25, -0.2) is 4.57 Å². The van der Waals surface area contributed by atoms with Crippen molar-refractivity contribution in [3.63, 3.8) is 0 Å². The minimum Gasteiger partial charge on any atom is -0.387 e. The Balaban J connectivity index is 4.50. The Morgan fingerprint density at radius 3 is 1.60 bits per heavy atom. The molecule has 0 bridgehead atoms. The highest BCUT2D eigenvalue weighted by Gasteiger charge is 2.27. The summed E-state index contributed by atoms with van der Waals surface area (Å²) in [6.07, 6.45) is 38.1. The number of carbonyl (C=O) groups excluding carboxylic acids is 1. The molecule has 0 saturated carbocycles. The molecule has 0 aliphatic heterocycles. The van der Waals surface area contributed by atoms with Crippen molar-refractivity contribution in [3.05, 3.63) is 24.3 Å². The first-order chi connectivity index (χ1) is 24.0. The van der Waals surface area contributed by atoms with Crippen LogP contribution in [0.2, 0.25) is 0 Å². The van der Waals surface area contributed by atoms with Crippen molar-refractivity contribution >= 4 is 13.7 Å². The van der Waals surface area contributed by atoms with E-state index >= 15 is 0 Å². The van der Waals surface area contributed by atoms with E-state index in [1.165, 1.54) is 122 Å². The summed E-state index contributed by atoms with van der Waals surface area (Å²) in [5.41, 5.74) is 0. The van der Waals surface area contributed by atoms with Gasteiger partial charge in [-0.1, -0.05) is 167 Å². The number of aliphatic hydroxyl groups is 1. The fourth-order valence-corrected chi connectivity index (χ4v) is 6.56. The molecule has 8 nitrogen and oxygen atoms in total. The number of phosphoric ester groups is 1. The molecule has 0 aromatic rings. The van der Waals surface area contributed by atoms with Gasteiger partial charge >= 0.3 is 7.82 Å². The summed E-state index contributed by atoms with van der Waals surface area (Å²) in [5.74, 6) is -0.187. The highest BCUT2D eigenvalue weighted by Crippen LogP contribution is 2.43. The van der Waals surface area contributed by atoms with Gasteiger partial charge in [0.25, 0.3) is 0 Å². The van der Waals surface area contributed by atoms with E-state index in [1.54, 1.807) is 6.08 Å². The number of nitrogens with zero attached hydrogens (tertiary/aromatic N) is 1. The second kappa shape index (κ2) is 33.8. The summed E-state index contributed by atoms with van der Waals surface area (Å²) in [4.78, 5) is 23.0. The highest BCUT2D eigenvalue weighted by atomic mass is 31.2. The molecule has 0 aromatic heterocycles. The van der Waals surface area contributed by atoms with E-state index in [1.807, 2.05) is 27.2 Å². The van der Waals surface area contributed by atoms with Crippen molar-refractivity contribution < 1.29 is 32.9 Å². The van der Waals surface area contributed by atoms with Crippen molar-refractivity contribution in [2.24, 2.45) is 0 Å². The molecule has 1 unspecified atom stereocenters. The second-order valence-electron chi connectivity index (χ2n) is 15.4. The molecule has 3 N–H and O–H groups in total. The van der Waals surface area contributed by atoms with Crippen LogP contribution in [0.25, 0.3) is 0 Å². The number of allylic oxidation sites excluding steroid dienone is 3. The minimum absolute atomic E-state index is 0.0580. The Morgan fingerprint density at radius 2 is 1.10 bits per heavy atom. The summed E-state index contributed by atoms with van der Waals surface area (Å²) in [6.45, 7) is 4.77. The van der Waals surface area contributed by atoms with Crippen molar-refractivity contribution in [2.75, 3.05) is 40.9 Å². The number of quaternary nitrogens is 1. The van der Waals surface area contributed by atoms with E-state index in [-0.39, 0.29) is 19.1 Å². The Hall–Kier alpha value is -1.02. The lowest BCUT2D eigenvalue weighted by Crippen LogP contribution is -2.45. The van der Waals surface area contributed by atoms with Crippen molar-refractivity contribution in [1.82, 2.24) is 5.32 Å². The zero-order valence-corrected chi connectivity index (χ0v) is 34.3. The molecule has 0 heterocycles. The van der Waals surface area contributed by atoms with Gasteiger partial charge in [0.1, 0.15) is 13.2 Å². The maximum absolute atomic E-state index is 12.8. The lowest BCUT2D eigenvalue weighted by molar-refractivity contribution is -0.870. The molecule has 0 aromatic carbocycles. The molecule has 0 saturated heterocycles. The molecule has 0 rings (SSSR count). The Morgan fingerprint density at radius 1 is 0.660 bits per heavy atom. The third-order valence-electron chi connectivity index (χ3n) is 9.17. The van der Waals surface area contributed by atoms with Crippen molar-refractivity contribution in [1.29, 1.82) is 0 Å². The second-order valence-corrected chi connectivity index (χ2v) is 16.8. The molecule has 1 amide bonds. The number of carbonyl (C=O) groups is 1. The van der Waals surface area contributed by atoms with Crippen LogP contribution >= 0.6 is 7.82 Å². The maximum atomic E-state index is 12.8. The summed E-state index contributed by atoms with van der Waals surface area (Å²) in [7, 11) is 1.56. The van der Waals surface area contributed by atoms with Crippen LogP contribution in [0.15, 0.2) is 24.3 Å². The van der Waals surface area contributed by atoms with Crippen LogP contribution in [0, 0.1) is 0 Å². The highest BCUT2D eigenvalue weighted by molar-refractivity contribution is 7.47. The zero-order chi connectivity index (χ0) is 37.2. The summed E-state index contributed by atoms with van der Waals surface area (Å²) in [6, 6.07) is -0.856. The van der Waals surface area contributed by atoms with Gasteiger partial charge in [-0.05, 0) is 32.1 Å². The first kappa shape index (κ1) is 49.0. The summed E-state index contributed by atoms with van der Waals surface area (Å²) < 4.78 is 23.5. The van der Waals surface area contributed by atoms with Crippen LogP contribution < -0.4 is 5.32 Å². The van der Waals surface area contributed by atoms with E-state index < -0.39 is 20.0 Å². The lowest BCUT2D eigenvalue weighted by Gasteiger charge is -2.25. The number of rotatable bonds is 37. The van der Waals surface area contributed by atoms with Gasteiger partial charge in [-0.15, -0.1) is 0 Å². The molecule has 0 spiro atoms. The Kier molecular flexibility index (Phi) is 33.1. The number of phosphoric acid groups is 1. The van der Waals surface area contributed by atoms with E-state index in [2.05, 4.69) is 31.3 Å². The van der Waals surface area contributed by atoms with E-state index in [0.29, 0.717) is 17.4 Å².